The van der Waals surface area contributed by atoms with Crippen LogP contribution in [0.25, 0.3) is 0 Å². The van der Waals surface area contributed by atoms with Crippen molar-refractivity contribution < 1.29 is 9.53 Å². The van der Waals surface area contributed by atoms with Crippen LogP contribution in [0.1, 0.15) is 43.0 Å². The van der Waals surface area contributed by atoms with E-state index in [1.165, 1.54) is 0 Å². The fourth-order valence-electron chi connectivity index (χ4n) is 2.69. The van der Waals surface area contributed by atoms with E-state index in [2.05, 4.69) is 6.07 Å². The van der Waals surface area contributed by atoms with E-state index >= 15 is 0 Å². The molecule has 1 amide bonds. The predicted molar refractivity (Wildman–Crippen MR) is 76.5 cm³/mol. The predicted octanol–water partition coefficient (Wildman–Crippen LogP) is 2.99. The number of hydrogen-bond acceptors (Lipinski definition) is 3. The van der Waals surface area contributed by atoms with Gasteiger partial charge in [-0.2, -0.15) is 5.26 Å². The largest absolute Gasteiger partial charge is 0.494 e. The van der Waals surface area contributed by atoms with Crippen molar-refractivity contribution in [3.05, 3.63) is 29.8 Å². The van der Waals surface area contributed by atoms with Crippen molar-refractivity contribution in [2.24, 2.45) is 0 Å². The first kappa shape index (κ1) is 14.4. The standard InChI is InChI=1S/C16H20N2O2/c1-2-20-15-9-7-13(8-10-15)16(19)18(12-11-17)14-5-3-4-6-14/h7-10,14H,2-6,12H2,1H3. The average Bonchev–Trinajstić information content (AvgIpc) is 2.99. The molecule has 1 aliphatic carbocycles. The quantitative estimate of drug-likeness (QED) is 0.774. The van der Waals surface area contributed by atoms with Crippen LogP contribution in [-0.2, 0) is 0 Å². The lowest BCUT2D eigenvalue weighted by Crippen LogP contribution is -2.39. The van der Waals surface area contributed by atoms with E-state index in [0.29, 0.717) is 12.2 Å². The normalized spacial score (nSPS) is 14.8. The molecule has 106 valence electrons. The summed E-state index contributed by atoms with van der Waals surface area (Å²) in [7, 11) is 0. The number of nitrogens with zero attached hydrogens (tertiary/aromatic N) is 2. The zero-order chi connectivity index (χ0) is 14.4. The van der Waals surface area contributed by atoms with Gasteiger partial charge in [0, 0.05) is 11.6 Å². The minimum atomic E-state index is -0.0542. The van der Waals surface area contributed by atoms with E-state index in [1.807, 2.05) is 6.92 Å². The maximum Gasteiger partial charge on any atom is 0.254 e. The van der Waals surface area contributed by atoms with Gasteiger partial charge in [0.2, 0.25) is 0 Å². The number of rotatable bonds is 5. The average molecular weight is 272 g/mol. The van der Waals surface area contributed by atoms with E-state index < -0.39 is 0 Å². The Morgan fingerprint density at radius 2 is 2.00 bits per heavy atom. The maximum atomic E-state index is 12.5. The molecule has 0 unspecified atom stereocenters. The number of carbonyl (C=O) groups excluding carboxylic acids is 1. The Labute approximate surface area is 120 Å². The van der Waals surface area contributed by atoms with Crippen LogP contribution in [0, 0.1) is 11.3 Å². The smallest absolute Gasteiger partial charge is 0.254 e. The summed E-state index contributed by atoms with van der Waals surface area (Å²) >= 11 is 0. The summed E-state index contributed by atoms with van der Waals surface area (Å²) in [6.07, 6.45) is 4.29. The molecule has 20 heavy (non-hydrogen) atoms. The molecule has 0 heterocycles. The van der Waals surface area contributed by atoms with Crippen molar-refractivity contribution in [1.29, 1.82) is 5.26 Å². The Bertz CT molecular complexity index is 484. The summed E-state index contributed by atoms with van der Waals surface area (Å²) in [6, 6.07) is 9.47. The molecule has 1 aromatic rings. The van der Waals surface area contributed by atoms with E-state index in [9.17, 15) is 4.79 Å². The summed E-state index contributed by atoms with van der Waals surface area (Å²) in [5.41, 5.74) is 0.621. The fraction of sp³-hybridized carbons (Fsp3) is 0.500. The zero-order valence-electron chi connectivity index (χ0n) is 11.8. The van der Waals surface area contributed by atoms with Gasteiger partial charge < -0.3 is 9.64 Å². The van der Waals surface area contributed by atoms with Crippen LogP contribution in [0.3, 0.4) is 0 Å². The lowest BCUT2D eigenvalue weighted by atomic mass is 10.1. The molecule has 1 fully saturated rings. The molecule has 0 saturated heterocycles. The third-order valence-corrected chi connectivity index (χ3v) is 3.68. The molecular weight excluding hydrogens is 252 g/mol. The van der Waals surface area contributed by atoms with Gasteiger partial charge >= 0.3 is 0 Å². The molecule has 0 spiro atoms. The SMILES string of the molecule is CCOc1ccc(C(=O)N(CC#N)C2CCCC2)cc1. The molecule has 1 saturated carbocycles. The highest BCUT2D eigenvalue weighted by molar-refractivity contribution is 5.94. The van der Waals surface area contributed by atoms with Crippen molar-refractivity contribution >= 4 is 5.91 Å². The first-order valence-electron chi connectivity index (χ1n) is 7.17. The Hall–Kier alpha value is -2.02. The highest BCUT2D eigenvalue weighted by Gasteiger charge is 2.27. The molecule has 2 rings (SSSR count). The molecule has 4 heteroatoms. The Morgan fingerprint density at radius 1 is 1.35 bits per heavy atom. The van der Waals surface area contributed by atoms with Crippen molar-refractivity contribution in [3.63, 3.8) is 0 Å². The van der Waals surface area contributed by atoms with Gasteiger partial charge in [0.05, 0.1) is 12.7 Å². The molecule has 0 aromatic heterocycles. The lowest BCUT2D eigenvalue weighted by molar-refractivity contribution is 0.0709. The number of ether oxygens (including phenoxy) is 1. The van der Waals surface area contributed by atoms with Crippen LogP contribution >= 0.6 is 0 Å². The van der Waals surface area contributed by atoms with Crippen LogP contribution in [0.4, 0.5) is 0 Å². The molecule has 0 atom stereocenters. The van der Waals surface area contributed by atoms with Gasteiger partial charge in [0.1, 0.15) is 12.3 Å². The number of nitriles is 1. The Kier molecular flexibility index (Phi) is 5.00. The van der Waals surface area contributed by atoms with Gasteiger partial charge in [0.15, 0.2) is 0 Å². The van der Waals surface area contributed by atoms with E-state index in [1.54, 1.807) is 29.2 Å². The molecule has 0 aliphatic heterocycles. The Balaban J connectivity index is 2.12. The molecule has 0 bridgehead atoms. The van der Waals surface area contributed by atoms with Crippen LogP contribution in [0.2, 0.25) is 0 Å². The zero-order valence-corrected chi connectivity index (χ0v) is 11.8. The van der Waals surface area contributed by atoms with Gasteiger partial charge in [-0.1, -0.05) is 12.8 Å². The van der Waals surface area contributed by atoms with Crippen molar-refractivity contribution in [1.82, 2.24) is 4.90 Å². The van der Waals surface area contributed by atoms with Gasteiger partial charge in [0.25, 0.3) is 5.91 Å². The minimum absolute atomic E-state index is 0.0542. The second-order valence-corrected chi connectivity index (χ2v) is 4.99. The highest BCUT2D eigenvalue weighted by atomic mass is 16.5. The second-order valence-electron chi connectivity index (χ2n) is 4.99. The monoisotopic (exact) mass is 272 g/mol. The molecular formula is C16H20N2O2. The molecule has 4 nitrogen and oxygen atoms in total. The van der Waals surface area contributed by atoms with Gasteiger partial charge in [-0.05, 0) is 44.0 Å². The highest BCUT2D eigenvalue weighted by Crippen LogP contribution is 2.25. The third kappa shape index (κ3) is 3.30. The summed E-state index contributed by atoms with van der Waals surface area (Å²) in [4.78, 5) is 14.2. The Morgan fingerprint density at radius 3 is 2.55 bits per heavy atom. The van der Waals surface area contributed by atoms with Crippen LogP contribution in [-0.4, -0.2) is 30.0 Å². The van der Waals surface area contributed by atoms with Crippen molar-refractivity contribution in [3.8, 4) is 11.8 Å². The topological polar surface area (TPSA) is 53.3 Å². The minimum Gasteiger partial charge on any atom is -0.494 e. The van der Waals surface area contributed by atoms with Crippen LogP contribution < -0.4 is 4.74 Å². The first-order chi connectivity index (χ1) is 9.76. The molecule has 1 aliphatic rings. The maximum absolute atomic E-state index is 12.5. The first-order valence-corrected chi connectivity index (χ1v) is 7.17. The number of carbonyl (C=O) groups is 1. The van der Waals surface area contributed by atoms with Crippen LogP contribution in [0.5, 0.6) is 5.75 Å². The summed E-state index contributed by atoms with van der Waals surface area (Å²) in [6.45, 7) is 2.69. The molecule has 0 N–H and O–H groups in total. The fourth-order valence-corrected chi connectivity index (χ4v) is 2.69. The van der Waals surface area contributed by atoms with Gasteiger partial charge in [-0.15, -0.1) is 0 Å². The number of hydrogen-bond donors (Lipinski definition) is 0. The molecule has 1 aromatic carbocycles. The molecule has 0 radical (unpaired) electrons. The van der Waals surface area contributed by atoms with Gasteiger partial charge in [-0.3, -0.25) is 4.79 Å². The lowest BCUT2D eigenvalue weighted by Gasteiger charge is -2.26. The summed E-state index contributed by atoms with van der Waals surface area (Å²) < 4.78 is 5.37. The van der Waals surface area contributed by atoms with E-state index in [0.717, 1.165) is 31.4 Å². The number of amides is 1. The van der Waals surface area contributed by atoms with Crippen molar-refractivity contribution in [2.75, 3.05) is 13.2 Å². The van der Waals surface area contributed by atoms with Gasteiger partial charge in [-0.25, -0.2) is 0 Å². The van der Waals surface area contributed by atoms with E-state index in [-0.39, 0.29) is 18.5 Å². The number of benzene rings is 1. The van der Waals surface area contributed by atoms with Crippen molar-refractivity contribution in [2.45, 2.75) is 38.6 Å². The summed E-state index contributed by atoms with van der Waals surface area (Å²) in [5.74, 6) is 0.707. The van der Waals surface area contributed by atoms with Crippen LogP contribution in [0.15, 0.2) is 24.3 Å². The third-order valence-electron chi connectivity index (χ3n) is 3.68. The van der Waals surface area contributed by atoms with E-state index in [4.69, 9.17) is 10.00 Å². The summed E-state index contributed by atoms with van der Waals surface area (Å²) in [5, 5.41) is 8.94. The second kappa shape index (κ2) is 6.95.